The molecule has 27 nitrogen and oxygen atoms in total. The highest BCUT2D eigenvalue weighted by Gasteiger charge is 2.37. The van der Waals surface area contributed by atoms with Gasteiger partial charge in [0.15, 0.2) is 5.96 Å². The molecule has 9 atom stereocenters. The first-order chi connectivity index (χ1) is 37.3. The van der Waals surface area contributed by atoms with Crippen molar-refractivity contribution < 1.29 is 58.2 Å². The van der Waals surface area contributed by atoms with Gasteiger partial charge in [0.05, 0.1) is 25.3 Å². The van der Waals surface area contributed by atoms with Crippen molar-refractivity contribution in [2.24, 2.45) is 45.7 Å². The summed E-state index contributed by atoms with van der Waals surface area (Å²) < 4.78 is 0. The molecular formula is C52H77N15O12. The monoisotopic (exact) mass is 1100 g/mol. The Hall–Kier alpha value is -8.62. The van der Waals surface area contributed by atoms with E-state index in [4.69, 9.17) is 22.9 Å². The van der Waals surface area contributed by atoms with Gasteiger partial charge in [0.1, 0.15) is 48.0 Å². The number of phenols is 1. The molecule has 79 heavy (non-hydrogen) atoms. The zero-order chi connectivity index (χ0) is 58.9. The van der Waals surface area contributed by atoms with Crippen molar-refractivity contribution in [3.8, 4) is 5.75 Å². The average molecular weight is 1100 g/mol. The molecule has 0 radical (unpaired) electrons. The van der Waals surface area contributed by atoms with E-state index in [0.717, 1.165) is 0 Å². The molecule has 19 N–H and O–H groups in total. The van der Waals surface area contributed by atoms with Gasteiger partial charge in [0.25, 0.3) is 0 Å². The molecule has 0 unspecified atom stereocenters. The minimum Gasteiger partial charge on any atom is -0.508 e. The lowest BCUT2D eigenvalue weighted by molar-refractivity contribution is -0.144. The molecule has 1 aromatic heterocycles. The molecular weight excluding hydrogens is 1030 g/mol. The van der Waals surface area contributed by atoms with Crippen molar-refractivity contribution in [2.75, 3.05) is 13.1 Å². The van der Waals surface area contributed by atoms with Crippen molar-refractivity contribution in [3.63, 3.8) is 0 Å². The summed E-state index contributed by atoms with van der Waals surface area (Å²) in [5.74, 6) is -11.2. The molecule has 0 spiro atoms. The molecule has 0 fully saturated rings. The van der Waals surface area contributed by atoms with E-state index in [2.05, 4.69) is 57.5 Å². The number of nitrogens with zero attached hydrogens (tertiary/aromatic N) is 2. The zero-order valence-electron chi connectivity index (χ0n) is 45.2. The number of carbonyl (C=O) groups excluding carboxylic acids is 9. The Morgan fingerprint density at radius 3 is 1.70 bits per heavy atom. The summed E-state index contributed by atoms with van der Waals surface area (Å²) in [4.78, 5) is 146. The van der Waals surface area contributed by atoms with Crippen molar-refractivity contribution in [1.82, 2.24) is 52.5 Å². The molecule has 0 saturated carbocycles. The number of primary amides is 1. The van der Waals surface area contributed by atoms with Crippen LogP contribution in [0.3, 0.4) is 0 Å². The van der Waals surface area contributed by atoms with E-state index in [-0.39, 0.29) is 50.4 Å². The van der Waals surface area contributed by atoms with E-state index >= 15 is 0 Å². The number of imidazole rings is 1. The van der Waals surface area contributed by atoms with E-state index in [9.17, 15) is 58.2 Å². The molecule has 0 aliphatic heterocycles. The van der Waals surface area contributed by atoms with Gasteiger partial charge in [-0.05, 0) is 60.3 Å². The fourth-order valence-electron chi connectivity index (χ4n) is 7.90. The highest BCUT2D eigenvalue weighted by atomic mass is 16.4. The van der Waals surface area contributed by atoms with Crippen LogP contribution in [-0.2, 0) is 67.2 Å². The lowest BCUT2D eigenvalue weighted by Crippen LogP contribution is -2.62. The number of carboxylic acids is 1. The van der Waals surface area contributed by atoms with Crippen LogP contribution < -0.4 is 65.5 Å². The molecule has 3 rings (SSSR count). The van der Waals surface area contributed by atoms with Crippen LogP contribution in [0.25, 0.3) is 0 Å². The number of carbonyl (C=O) groups is 10. The number of rotatable bonds is 33. The number of H-pyrrole nitrogens is 1. The third-order valence-corrected chi connectivity index (χ3v) is 12.6. The third-order valence-electron chi connectivity index (χ3n) is 12.6. The van der Waals surface area contributed by atoms with Gasteiger partial charge in [0, 0.05) is 31.3 Å². The van der Waals surface area contributed by atoms with E-state index < -0.39 is 138 Å². The van der Waals surface area contributed by atoms with Gasteiger partial charge < -0.3 is 80.7 Å². The first kappa shape index (κ1) is 64.7. The maximum absolute atomic E-state index is 14.2. The Kier molecular flexibility index (Phi) is 26.4. The van der Waals surface area contributed by atoms with Gasteiger partial charge in [-0.15, -0.1) is 0 Å². The highest BCUT2D eigenvalue weighted by Crippen LogP contribution is 2.14. The van der Waals surface area contributed by atoms with Crippen LogP contribution in [0.2, 0.25) is 0 Å². The van der Waals surface area contributed by atoms with Crippen LogP contribution >= 0.6 is 0 Å². The smallest absolute Gasteiger partial charge is 0.326 e. The molecule has 3 aromatic rings. The Morgan fingerprint density at radius 1 is 0.620 bits per heavy atom. The fourth-order valence-corrected chi connectivity index (χ4v) is 7.90. The minimum absolute atomic E-state index is 0.00591. The maximum atomic E-state index is 14.2. The van der Waals surface area contributed by atoms with E-state index in [1.165, 1.54) is 24.7 Å². The second-order valence-corrected chi connectivity index (χ2v) is 19.8. The van der Waals surface area contributed by atoms with Gasteiger partial charge >= 0.3 is 5.97 Å². The normalized spacial score (nSPS) is 14.5. The SMILES string of the molecule is CC[C@H](C)[C@H](NC(=O)[C@H](Cc1cnc[nH]1)NC(=O)[C@@H](NC(=O)[C@@H](NC(=O)[C@H](CC(N)=O)NC(=O)[C@H](CCCN=C(N)N)NC(=O)[C@H](Cc1ccccc1)NC(=O)CNC(=O)[C@@H](N)Cc1ccc(O)cc1)C(C)C)C(C)C)C(=O)O. The molecule has 1 heterocycles. The number of nitrogens with two attached hydrogens (primary N) is 4. The van der Waals surface area contributed by atoms with E-state index in [1.807, 2.05) is 0 Å². The quantitative estimate of drug-likeness (QED) is 0.0168. The van der Waals surface area contributed by atoms with Crippen LogP contribution in [0.1, 0.15) is 84.0 Å². The number of carboxylic acid groups (broad SMARTS) is 1. The number of guanidine groups is 1. The minimum atomic E-state index is -1.74. The molecule has 432 valence electrons. The van der Waals surface area contributed by atoms with Gasteiger partial charge in [-0.3, -0.25) is 48.1 Å². The predicted octanol–water partition coefficient (Wildman–Crippen LogP) is -2.65. The molecule has 0 saturated heterocycles. The number of aliphatic carboxylic acids is 1. The third kappa shape index (κ3) is 22.5. The Balaban J connectivity index is 1.84. The number of aromatic amines is 1. The number of phenolic OH excluding ortho intramolecular Hbond substituents is 1. The average Bonchev–Trinajstić information content (AvgIpc) is 3.91. The molecule has 27 heteroatoms. The number of nitrogens with one attached hydrogen (secondary N) is 9. The van der Waals surface area contributed by atoms with Gasteiger partial charge in [0.2, 0.25) is 53.2 Å². The highest BCUT2D eigenvalue weighted by molar-refractivity contribution is 5.99. The number of benzene rings is 2. The van der Waals surface area contributed by atoms with Crippen LogP contribution in [0.4, 0.5) is 0 Å². The van der Waals surface area contributed by atoms with E-state index in [0.29, 0.717) is 23.2 Å². The number of amides is 9. The molecule has 0 aliphatic carbocycles. The largest absolute Gasteiger partial charge is 0.508 e. The first-order valence-electron chi connectivity index (χ1n) is 25.8. The van der Waals surface area contributed by atoms with Crippen LogP contribution in [0, 0.1) is 17.8 Å². The fraction of sp³-hybridized carbons (Fsp3) is 0.500. The zero-order valence-corrected chi connectivity index (χ0v) is 45.2. The van der Waals surface area contributed by atoms with Gasteiger partial charge in [-0.25, -0.2) is 9.78 Å². The van der Waals surface area contributed by atoms with Crippen LogP contribution in [0.5, 0.6) is 5.75 Å². The summed E-state index contributed by atoms with van der Waals surface area (Å²) in [5, 5.41) is 39.8. The molecule has 9 amide bonds. The molecule has 0 aliphatic rings. The maximum Gasteiger partial charge on any atom is 0.326 e. The van der Waals surface area contributed by atoms with Crippen LogP contribution in [0.15, 0.2) is 72.1 Å². The van der Waals surface area contributed by atoms with E-state index in [1.54, 1.807) is 84.0 Å². The summed E-state index contributed by atoms with van der Waals surface area (Å²) in [5.41, 5.74) is 24.3. The predicted molar refractivity (Wildman–Crippen MR) is 289 cm³/mol. The number of hydrogen-bond donors (Lipinski definition) is 15. The second-order valence-electron chi connectivity index (χ2n) is 19.8. The molecule has 2 aromatic carbocycles. The summed E-state index contributed by atoms with van der Waals surface area (Å²) in [6.45, 7) is 9.20. The number of aromatic nitrogens is 2. The first-order valence-corrected chi connectivity index (χ1v) is 25.8. The number of hydrogen-bond acceptors (Lipinski definition) is 14. The topological polar surface area (TPSA) is 453 Å². The van der Waals surface area contributed by atoms with Crippen molar-refractivity contribution in [2.45, 2.75) is 135 Å². The second kappa shape index (κ2) is 32.2. The van der Waals surface area contributed by atoms with Crippen molar-refractivity contribution in [3.05, 3.63) is 83.9 Å². The van der Waals surface area contributed by atoms with Crippen molar-refractivity contribution >= 4 is 65.1 Å². The number of aliphatic imine (C=N–C) groups is 1. The van der Waals surface area contributed by atoms with Gasteiger partial charge in [-0.1, -0.05) is 90.4 Å². The Morgan fingerprint density at radius 2 is 1.14 bits per heavy atom. The summed E-state index contributed by atoms with van der Waals surface area (Å²) in [7, 11) is 0. The lowest BCUT2D eigenvalue weighted by Gasteiger charge is -2.30. The lowest BCUT2D eigenvalue weighted by atomic mass is 9.97. The standard InChI is InChI=1S/C52H77N15O12/c1-7-29(6)43(51(78)79)67-47(74)37(22-32-24-57-26-60-32)64-49(76)41(27(2)3)66-50(77)42(28(4)5)65-48(75)38(23-39(54)69)63-45(72)35(14-11-19-58-52(55)56)62-46(73)36(21-30-12-9-8-10-13-30)61-40(70)25-59-44(71)34(53)20-31-15-17-33(68)18-16-31/h8-10,12-13,15-18,24,26-29,34-38,41-43,68H,7,11,14,19-23,25,53H2,1-6H3,(H2,54,69)(H,57,60)(H,59,71)(H,61,70)(H,62,73)(H,63,72)(H,64,76)(H,65,75)(H,66,77)(H,67,74)(H,78,79)(H4,55,56,58)/t29-,34-,35-,36-,37-,38-,41-,42-,43-/m0/s1. The Bertz CT molecular complexity index is 2560. The van der Waals surface area contributed by atoms with Gasteiger partial charge in [-0.2, -0.15) is 0 Å². The Labute approximate surface area is 457 Å². The summed E-state index contributed by atoms with van der Waals surface area (Å²) >= 11 is 0. The number of aromatic hydroxyl groups is 1. The molecule has 0 bridgehead atoms. The summed E-state index contributed by atoms with van der Waals surface area (Å²) in [6, 6.07) is 3.60. The van der Waals surface area contributed by atoms with Crippen LogP contribution in [-0.4, -0.2) is 147 Å². The summed E-state index contributed by atoms with van der Waals surface area (Å²) in [6.07, 6.45) is 2.22. The van der Waals surface area contributed by atoms with Crippen molar-refractivity contribution in [1.29, 1.82) is 0 Å².